The van der Waals surface area contributed by atoms with Gasteiger partial charge in [0.2, 0.25) is 0 Å². The second-order valence-corrected chi connectivity index (χ2v) is 4.95. The first-order valence-corrected chi connectivity index (χ1v) is 6.15. The van der Waals surface area contributed by atoms with Crippen LogP contribution in [-0.4, -0.2) is 16.7 Å². The normalized spacial score (nSPS) is 17.6. The van der Waals surface area contributed by atoms with Crippen LogP contribution in [0.4, 0.5) is 13.2 Å². The summed E-state index contributed by atoms with van der Waals surface area (Å²) in [4.78, 5) is 4.01. The molecule has 1 aromatic carbocycles. The van der Waals surface area contributed by atoms with E-state index in [0.717, 1.165) is 16.3 Å². The molecular weight excluding hydrogens is 253 g/mol. The zero-order chi connectivity index (χ0) is 13.5. The molecule has 0 bridgehead atoms. The summed E-state index contributed by atoms with van der Waals surface area (Å²) >= 11 is 0. The lowest BCUT2D eigenvalue weighted by Gasteiger charge is -2.21. The number of fused-ring (bicyclic) bond motifs is 1. The van der Waals surface area contributed by atoms with Crippen molar-refractivity contribution in [1.82, 2.24) is 10.3 Å². The van der Waals surface area contributed by atoms with E-state index >= 15 is 0 Å². The van der Waals surface area contributed by atoms with Gasteiger partial charge in [-0.3, -0.25) is 10.3 Å². The molecule has 0 atom stereocenters. The third kappa shape index (κ3) is 2.18. The second-order valence-electron chi connectivity index (χ2n) is 4.95. The first kappa shape index (κ1) is 12.4. The predicted octanol–water partition coefficient (Wildman–Crippen LogP) is 3.42. The van der Waals surface area contributed by atoms with E-state index in [1.165, 1.54) is 0 Å². The van der Waals surface area contributed by atoms with Crippen LogP contribution in [0.5, 0.6) is 0 Å². The molecule has 0 saturated heterocycles. The van der Waals surface area contributed by atoms with Crippen LogP contribution in [-0.2, 0) is 6.54 Å². The molecule has 1 fully saturated rings. The van der Waals surface area contributed by atoms with Gasteiger partial charge in [0.05, 0.1) is 0 Å². The van der Waals surface area contributed by atoms with E-state index in [9.17, 15) is 13.2 Å². The Bertz CT molecular complexity index is 598. The first-order valence-electron chi connectivity index (χ1n) is 6.15. The lowest BCUT2D eigenvalue weighted by atomic mass is 10.1. The van der Waals surface area contributed by atoms with Crippen LogP contribution in [0.1, 0.15) is 18.4 Å². The molecule has 1 N–H and O–H groups in total. The van der Waals surface area contributed by atoms with E-state index in [1.807, 2.05) is 24.3 Å². The molecule has 2 nitrogen and oxygen atoms in total. The number of nitrogens with one attached hydrogen (secondary N) is 1. The fraction of sp³-hybridized carbons (Fsp3) is 0.357. The maximum atomic E-state index is 12.8. The van der Waals surface area contributed by atoms with Gasteiger partial charge in [-0.05, 0) is 29.9 Å². The van der Waals surface area contributed by atoms with Crippen LogP contribution >= 0.6 is 0 Å². The van der Waals surface area contributed by atoms with Crippen molar-refractivity contribution in [2.45, 2.75) is 31.1 Å². The number of rotatable bonds is 3. The summed E-state index contributed by atoms with van der Waals surface area (Å²) in [6.45, 7) is 0.223. The molecule has 0 aliphatic heterocycles. The van der Waals surface area contributed by atoms with Gasteiger partial charge in [0, 0.05) is 24.3 Å². The average Bonchev–Trinajstić information content (AvgIpc) is 3.17. The summed E-state index contributed by atoms with van der Waals surface area (Å²) < 4.78 is 38.5. The van der Waals surface area contributed by atoms with Crippen molar-refractivity contribution in [1.29, 1.82) is 0 Å². The van der Waals surface area contributed by atoms with Crippen molar-refractivity contribution in [2.75, 3.05) is 0 Å². The van der Waals surface area contributed by atoms with E-state index in [4.69, 9.17) is 0 Å². The van der Waals surface area contributed by atoms with E-state index in [-0.39, 0.29) is 19.4 Å². The van der Waals surface area contributed by atoms with Gasteiger partial charge in [0.15, 0.2) is 0 Å². The number of hydrogen-bond acceptors (Lipinski definition) is 2. The summed E-state index contributed by atoms with van der Waals surface area (Å²) in [5.74, 6) is 0. The molecule has 0 spiro atoms. The van der Waals surface area contributed by atoms with E-state index < -0.39 is 11.7 Å². The molecule has 1 aliphatic rings. The minimum absolute atomic E-state index is 0.169. The summed E-state index contributed by atoms with van der Waals surface area (Å²) in [7, 11) is 0. The number of pyridine rings is 1. The van der Waals surface area contributed by atoms with Crippen molar-refractivity contribution in [2.24, 2.45) is 0 Å². The van der Waals surface area contributed by atoms with Crippen LogP contribution in [0.3, 0.4) is 0 Å². The maximum Gasteiger partial charge on any atom is 0.406 e. The lowest BCUT2D eigenvalue weighted by molar-refractivity contribution is -0.166. The van der Waals surface area contributed by atoms with Crippen molar-refractivity contribution < 1.29 is 13.2 Å². The highest BCUT2D eigenvalue weighted by molar-refractivity contribution is 5.84. The van der Waals surface area contributed by atoms with Crippen LogP contribution in [0.2, 0.25) is 0 Å². The average molecular weight is 266 g/mol. The van der Waals surface area contributed by atoms with Gasteiger partial charge in [0.1, 0.15) is 5.54 Å². The highest BCUT2D eigenvalue weighted by Gasteiger charge is 2.62. The largest absolute Gasteiger partial charge is 0.406 e. The van der Waals surface area contributed by atoms with Crippen molar-refractivity contribution in [3.63, 3.8) is 0 Å². The Labute approximate surface area is 108 Å². The van der Waals surface area contributed by atoms with Gasteiger partial charge in [0.25, 0.3) is 0 Å². The number of benzene rings is 1. The molecule has 0 radical (unpaired) electrons. The van der Waals surface area contributed by atoms with E-state index in [2.05, 4.69) is 10.3 Å². The Morgan fingerprint density at radius 2 is 2.00 bits per heavy atom. The number of halogens is 3. The van der Waals surface area contributed by atoms with Gasteiger partial charge >= 0.3 is 6.18 Å². The molecule has 5 heteroatoms. The van der Waals surface area contributed by atoms with Gasteiger partial charge in [-0.15, -0.1) is 0 Å². The zero-order valence-corrected chi connectivity index (χ0v) is 10.2. The molecular formula is C14H13F3N2. The SMILES string of the molecule is FC(F)(F)C1(NCc2cccc3cnccc23)CC1. The van der Waals surface area contributed by atoms with Gasteiger partial charge in [-0.2, -0.15) is 13.2 Å². The van der Waals surface area contributed by atoms with Gasteiger partial charge in [-0.1, -0.05) is 18.2 Å². The topological polar surface area (TPSA) is 24.9 Å². The Kier molecular flexibility index (Phi) is 2.74. The quantitative estimate of drug-likeness (QED) is 0.920. The summed E-state index contributed by atoms with van der Waals surface area (Å²) in [6, 6.07) is 7.43. The molecule has 3 rings (SSSR count). The van der Waals surface area contributed by atoms with E-state index in [1.54, 1.807) is 12.4 Å². The molecule has 0 amide bonds. The monoisotopic (exact) mass is 266 g/mol. The first-order chi connectivity index (χ1) is 9.02. The highest BCUT2D eigenvalue weighted by Crippen LogP contribution is 2.49. The molecule has 19 heavy (non-hydrogen) atoms. The molecule has 1 aliphatic carbocycles. The molecule has 1 saturated carbocycles. The number of aromatic nitrogens is 1. The van der Waals surface area contributed by atoms with Crippen LogP contribution < -0.4 is 5.32 Å². The minimum atomic E-state index is -4.17. The molecule has 1 aromatic heterocycles. The Balaban J connectivity index is 1.83. The lowest BCUT2D eigenvalue weighted by Crippen LogP contribution is -2.44. The molecule has 0 unspecified atom stereocenters. The Hall–Kier alpha value is -1.62. The number of nitrogens with zero attached hydrogens (tertiary/aromatic N) is 1. The predicted molar refractivity (Wildman–Crippen MR) is 66.6 cm³/mol. The fourth-order valence-corrected chi connectivity index (χ4v) is 2.29. The molecule has 100 valence electrons. The van der Waals surface area contributed by atoms with Crippen LogP contribution in [0.25, 0.3) is 10.8 Å². The summed E-state index contributed by atoms with van der Waals surface area (Å²) in [6.07, 6.45) is -0.456. The van der Waals surface area contributed by atoms with Crippen molar-refractivity contribution in [3.05, 3.63) is 42.2 Å². The minimum Gasteiger partial charge on any atom is -0.299 e. The van der Waals surface area contributed by atoms with E-state index in [0.29, 0.717) is 0 Å². The highest BCUT2D eigenvalue weighted by atomic mass is 19.4. The van der Waals surface area contributed by atoms with Crippen molar-refractivity contribution in [3.8, 4) is 0 Å². The third-order valence-electron chi connectivity index (χ3n) is 3.68. The number of alkyl halides is 3. The summed E-state index contributed by atoms with van der Waals surface area (Å²) in [5.41, 5.74) is -0.794. The zero-order valence-electron chi connectivity index (χ0n) is 10.2. The van der Waals surface area contributed by atoms with Gasteiger partial charge < -0.3 is 0 Å². The second kappa shape index (κ2) is 4.20. The standard InChI is InChI=1S/C14H13F3N2/c15-14(16,17)13(5-6-13)19-9-11-3-1-2-10-8-18-7-4-12(10)11/h1-4,7-8,19H,5-6,9H2. The Morgan fingerprint density at radius 1 is 1.21 bits per heavy atom. The summed E-state index contributed by atoms with van der Waals surface area (Å²) in [5, 5.41) is 4.56. The van der Waals surface area contributed by atoms with Crippen LogP contribution in [0.15, 0.2) is 36.7 Å². The third-order valence-corrected chi connectivity index (χ3v) is 3.68. The van der Waals surface area contributed by atoms with Crippen LogP contribution in [0, 0.1) is 0 Å². The number of hydrogen-bond donors (Lipinski definition) is 1. The maximum absolute atomic E-state index is 12.8. The molecule has 1 heterocycles. The smallest absolute Gasteiger partial charge is 0.299 e. The Morgan fingerprint density at radius 3 is 2.68 bits per heavy atom. The van der Waals surface area contributed by atoms with Gasteiger partial charge in [-0.25, -0.2) is 0 Å². The molecule has 2 aromatic rings. The fourth-order valence-electron chi connectivity index (χ4n) is 2.29. The van der Waals surface area contributed by atoms with Crippen molar-refractivity contribution >= 4 is 10.8 Å².